The largest absolute Gasteiger partial charge is 0.455 e. The molecule has 2 aliphatic rings. The number of esters is 1. The van der Waals surface area contributed by atoms with E-state index in [1.807, 2.05) is 12.1 Å². The van der Waals surface area contributed by atoms with Crippen molar-refractivity contribution in [2.45, 2.75) is 44.1 Å². The monoisotopic (exact) mass is 472 g/mol. The fourth-order valence-electron chi connectivity index (χ4n) is 4.69. The smallest absolute Gasteiger partial charge is 0.340 e. The van der Waals surface area contributed by atoms with Crippen LogP contribution in [0.5, 0.6) is 0 Å². The van der Waals surface area contributed by atoms with Gasteiger partial charge in [-0.15, -0.1) is 0 Å². The second kappa shape index (κ2) is 8.96. The van der Waals surface area contributed by atoms with Crippen molar-refractivity contribution >= 4 is 11.9 Å². The average Bonchev–Trinajstić information content (AvgIpc) is 3.49. The van der Waals surface area contributed by atoms with E-state index in [0.717, 1.165) is 6.42 Å². The highest BCUT2D eigenvalue weighted by Crippen LogP contribution is 2.43. The highest BCUT2D eigenvalue weighted by molar-refractivity contribution is 5.95. The van der Waals surface area contributed by atoms with Crippen molar-refractivity contribution in [3.8, 4) is 0 Å². The number of aryl methyl sites for hydroxylation is 1. The number of hydrogen-bond acceptors (Lipinski definition) is 6. The van der Waals surface area contributed by atoms with Gasteiger partial charge in [-0.05, 0) is 62.6 Å². The third kappa shape index (κ3) is 4.06. The van der Waals surface area contributed by atoms with Gasteiger partial charge in [0.15, 0.2) is 6.23 Å². The van der Waals surface area contributed by atoms with Gasteiger partial charge in [-0.25, -0.2) is 9.59 Å². The van der Waals surface area contributed by atoms with E-state index in [1.165, 1.54) is 10.8 Å². The van der Waals surface area contributed by atoms with Crippen LogP contribution < -0.4 is 11.2 Å². The van der Waals surface area contributed by atoms with Crippen LogP contribution in [0.15, 0.2) is 88.6 Å². The van der Waals surface area contributed by atoms with E-state index in [9.17, 15) is 19.2 Å². The average molecular weight is 472 g/mol. The number of carbonyl (C=O) groups excluding carboxylic acids is 2. The lowest BCUT2D eigenvalue weighted by atomic mass is 10.0. The summed E-state index contributed by atoms with van der Waals surface area (Å²) in [6, 6.07) is 16.9. The first kappa shape index (κ1) is 22.7. The quantitative estimate of drug-likeness (QED) is 0.427. The number of nitrogens with zero attached hydrogens (tertiary/aromatic N) is 2. The van der Waals surface area contributed by atoms with E-state index in [-0.39, 0.29) is 11.1 Å². The van der Waals surface area contributed by atoms with Crippen LogP contribution in [0.2, 0.25) is 0 Å². The summed E-state index contributed by atoms with van der Waals surface area (Å²) in [5, 5.41) is 0. The van der Waals surface area contributed by atoms with Crippen molar-refractivity contribution in [2.75, 3.05) is 0 Å². The number of benzene rings is 2. The summed E-state index contributed by atoms with van der Waals surface area (Å²) in [6.07, 6.45) is 5.56. The van der Waals surface area contributed by atoms with Crippen LogP contribution in [0.3, 0.4) is 0 Å². The Morgan fingerprint density at radius 2 is 1.66 bits per heavy atom. The maximum Gasteiger partial charge on any atom is 0.340 e. The first-order valence-electron chi connectivity index (χ1n) is 11.5. The summed E-state index contributed by atoms with van der Waals surface area (Å²) in [6.45, 7) is 1.54. The molecule has 3 aromatic rings. The summed E-state index contributed by atoms with van der Waals surface area (Å²) >= 11 is 0. The van der Waals surface area contributed by atoms with Crippen LogP contribution >= 0.6 is 0 Å². The molecular weight excluding hydrogens is 448 g/mol. The van der Waals surface area contributed by atoms with Gasteiger partial charge in [-0.1, -0.05) is 36.4 Å². The van der Waals surface area contributed by atoms with Crippen molar-refractivity contribution in [1.29, 1.82) is 0 Å². The summed E-state index contributed by atoms with van der Waals surface area (Å²) < 4.78 is 14.0. The fourth-order valence-corrected chi connectivity index (χ4v) is 4.69. The van der Waals surface area contributed by atoms with Gasteiger partial charge in [-0.2, -0.15) is 4.57 Å². The first-order chi connectivity index (χ1) is 16.9. The van der Waals surface area contributed by atoms with Crippen molar-refractivity contribution < 1.29 is 19.1 Å². The van der Waals surface area contributed by atoms with Crippen LogP contribution in [0.25, 0.3) is 0 Å². The molecule has 0 radical (unpaired) electrons. The third-order valence-corrected chi connectivity index (χ3v) is 6.50. The van der Waals surface area contributed by atoms with Gasteiger partial charge in [-0.3, -0.25) is 14.2 Å². The van der Waals surface area contributed by atoms with Crippen molar-refractivity contribution in [1.82, 2.24) is 9.13 Å². The highest BCUT2D eigenvalue weighted by atomic mass is 16.6. The SMILES string of the molecule is Cc1cn([C@H]2C=C[C@]3(CCC[C@@H]3OC(=O)c3ccccc3)O2)c(=O)n(C(=O)c2ccccc2)c1=O. The van der Waals surface area contributed by atoms with Crippen LogP contribution in [0.4, 0.5) is 0 Å². The van der Waals surface area contributed by atoms with E-state index in [4.69, 9.17) is 9.47 Å². The number of aromatic nitrogens is 2. The molecule has 0 saturated heterocycles. The van der Waals surface area contributed by atoms with Crippen LogP contribution in [0.1, 0.15) is 51.8 Å². The van der Waals surface area contributed by atoms with E-state index in [2.05, 4.69) is 0 Å². The summed E-state index contributed by atoms with van der Waals surface area (Å²) in [4.78, 5) is 51.7. The standard InChI is InChI=1S/C27H24N2O6/c1-18-17-28(26(33)29(23(18)30)24(31)19-9-4-2-5-10-19)22-14-16-27(35-22)15-8-13-21(27)34-25(32)20-11-6-3-7-12-20/h2-7,9-12,14,16-17,21-22H,8,13,15H2,1H3/t21-,22+,27-/m0/s1. The Morgan fingerprint density at radius 3 is 2.34 bits per heavy atom. The van der Waals surface area contributed by atoms with Crippen LogP contribution in [0, 0.1) is 6.92 Å². The normalized spacial score (nSPS) is 23.0. The van der Waals surface area contributed by atoms with Gasteiger partial charge in [0.05, 0.1) is 5.56 Å². The highest BCUT2D eigenvalue weighted by Gasteiger charge is 2.49. The second-order valence-electron chi connectivity index (χ2n) is 8.79. The van der Waals surface area contributed by atoms with E-state index < -0.39 is 41.1 Å². The lowest BCUT2D eigenvalue weighted by molar-refractivity contribution is -0.111. The Kier molecular flexibility index (Phi) is 5.82. The lowest BCUT2D eigenvalue weighted by Gasteiger charge is -2.31. The maximum atomic E-state index is 13.3. The second-order valence-corrected chi connectivity index (χ2v) is 8.79. The van der Waals surface area contributed by atoms with Gasteiger partial charge in [0, 0.05) is 17.3 Å². The Morgan fingerprint density at radius 1 is 1.00 bits per heavy atom. The predicted octanol–water partition coefficient (Wildman–Crippen LogP) is 3.24. The molecule has 0 N–H and O–H groups in total. The first-order valence-corrected chi connectivity index (χ1v) is 11.5. The molecule has 2 aromatic carbocycles. The molecule has 1 aliphatic carbocycles. The third-order valence-electron chi connectivity index (χ3n) is 6.50. The summed E-state index contributed by atoms with van der Waals surface area (Å²) in [7, 11) is 0. The van der Waals surface area contributed by atoms with E-state index >= 15 is 0 Å². The Balaban J connectivity index is 1.43. The summed E-state index contributed by atoms with van der Waals surface area (Å²) in [5.41, 5.74) is -1.44. The molecular formula is C27H24N2O6. The minimum absolute atomic E-state index is 0.227. The summed E-state index contributed by atoms with van der Waals surface area (Å²) in [5.74, 6) is -1.14. The molecule has 1 fully saturated rings. The minimum atomic E-state index is -0.882. The zero-order chi connectivity index (χ0) is 24.6. The van der Waals surface area contributed by atoms with E-state index in [0.29, 0.717) is 23.0 Å². The molecule has 0 bridgehead atoms. The van der Waals surface area contributed by atoms with Gasteiger partial charge in [0.25, 0.3) is 11.5 Å². The van der Waals surface area contributed by atoms with Crippen LogP contribution in [-0.2, 0) is 9.47 Å². The number of ether oxygens (including phenoxy) is 2. The number of carbonyl (C=O) groups is 2. The van der Waals surface area contributed by atoms with Gasteiger partial charge in [0.1, 0.15) is 11.7 Å². The molecule has 8 heteroatoms. The fraction of sp³-hybridized carbons (Fsp3) is 0.259. The molecule has 2 heterocycles. The molecule has 3 atom stereocenters. The molecule has 1 aromatic heterocycles. The van der Waals surface area contributed by atoms with Gasteiger partial charge in [0.2, 0.25) is 0 Å². The molecule has 1 spiro atoms. The predicted molar refractivity (Wildman–Crippen MR) is 127 cm³/mol. The Labute approximate surface area is 201 Å². The van der Waals surface area contributed by atoms with E-state index in [1.54, 1.807) is 67.6 Å². The number of rotatable bonds is 4. The molecule has 1 aliphatic heterocycles. The van der Waals surface area contributed by atoms with Crippen molar-refractivity contribution in [2.24, 2.45) is 0 Å². The van der Waals surface area contributed by atoms with Crippen molar-refractivity contribution in [3.05, 3.63) is 117 Å². The molecule has 0 unspecified atom stereocenters. The topological polar surface area (TPSA) is 96.6 Å². The molecule has 8 nitrogen and oxygen atoms in total. The van der Waals surface area contributed by atoms with Crippen molar-refractivity contribution in [3.63, 3.8) is 0 Å². The molecule has 5 rings (SSSR count). The molecule has 1 saturated carbocycles. The van der Waals surface area contributed by atoms with Gasteiger partial charge < -0.3 is 9.47 Å². The van der Waals surface area contributed by atoms with Crippen LogP contribution in [-0.4, -0.2) is 32.7 Å². The minimum Gasteiger partial charge on any atom is -0.455 e. The zero-order valence-corrected chi connectivity index (χ0v) is 19.1. The Hall–Kier alpha value is -4.04. The molecule has 35 heavy (non-hydrogen) atoms. The molecule has 0 amide bonds. The Bertz CT molecular complexity index is 1420. The zero-order valence-electron chi connectivity index (χ0n) is 19.1. The molecule has 178 valence electrons. The lowest BCUT2D eigenvalue weighted by Crippen LogP contribution is -2.46. The maximum absolute atomic E-state index is 13.3. The number of hydrogen-bond donors (Lipinski definition) is 0. The van der Waals surface area contributed by atoms with Gasteiger partial charge >= 0.3 is 11.7 Å².